The standard InChI is InChI=1S/C29H38Cl3N3O4S/c1-4-26(29(37)33-22-10-6-5-7-11-22)34(19-21-15-16-24(31)25(32)18-21)28(36)14-9-17-35(40(3,38)39)27-13-8-12-23(30)20(27)2/h8,12-13,15-16,18,22,26H,4-7,9-11,14,17,19H2,1-3H3,(H,33,37). The van der Waals surface area contributed by atoms with Crippen LogP contribution >= 0.6 is 34.8 Å². The first kappa shape index (κ1) is 32.5. The van der Waals surface area contributed by atoms with Crippen LogP contribution in [0.25, 0.3) is 0 Å². The molecule has 2 aromatic rings. The van der Waals surface area contributed by atoms with Crippen LogP contribution in [0, 0.1) is 6.92 Å². The second-order valence-electron chi connectivity index (χ2n) is 10.4. The molecule has 7 nitrogen and oxygen atoms in total. The van der Waals surface area contributed by atoms with Gasteiger partial charge in [-0.25, -0.2) is 8.42 Å². The fourth-order valence-electron chi connectivity index (χ4n) is 5.15. The van der Waals surface area contributed by atoms with Gasteiger partial charge in [0.1, 0.15) is 6.04 Å². The van der Waals surface area contributed by atoms with Gasteiger partial charge in [0.15, 0.2) is 0 Å². The Balaban J connectivity index is 1.80. The van der Waals surface area contributed by atoms with Gasteiger partial charge in [0.2, 0.25) is 21.8 Å². The summed E-state index contributed by atoms with van der Waals surface area (Å²) in [4.78, 5) is 28.7. The molecule has 40 heavy (non-hydrogen) atoms. The second-order valence-corrected chi connectivity index (χ2v) is 13.5. The molecule has 2 amide bonds. The number of hydrogen-bond acceptors (Lipinski definition) is 4. The number of amides is 2. The van der Waals surface area contributed by atoms with Crippen molar-refractivity contribution in [3.63, 3.8) is 0 Å². The van der Waals surface area contributed by atoms with Crippen molar-refractivity contribution in [3.05, 3.63) is 62.6 Å². The molecule has 0 aliphatic heterocycles. The van der Waals surface area contributed by atoms with Crippen molar-refractivity contribution in [3.8, 4) is 0 Å². The number of carbonyl (C=O) groups is 2. The molecule has 1 saturated carbocycles. The molecule has 220 valence electrons. The second kappa shape index (κ2) is 14.8. The first-order valence-electron chi connectivity index (χ1n) is 13.7. The van der Waals surface area contributed by atoms with E-state index in [0.717, 1.165) is 37.5 Å². The first-order chi connectivity index (χ1) is 18.9. The van der Waals surface area contributed by atoms with Crippen LogP contribution in [0.4, 0.5) is 5.69 Å². The smallest absolute Gasteiger partial charge is 0.243 e. The van der Waals surface area contributed by atoms with E-state index < -0.39 is 16.1 Å². The summed E-state index contributed by atoms with van der Waals surface area (Å²) < 4.78 is 26.6. The highest BCUT2D eigenvalue weighted by Gasteiger charge is 2.30. The lowest BCUT2D eigenvalue weighted by Gasteiger charge is -2.33. The molecule has 1 aliphatic rings. The Morgan fingerprint density at radius 2 is 1.73 bits per heavy atom. The third kappa shape index (κ3) is 8.75. The Hall–Kier alpha value is -2.00. The summed E-state index contributed by atoms with van der Waals surface area (Å²) in [6, 6.07) is 9.69. The van der Waals surface area contributed by atoms with Crippen LogP contribution in [-0.2, 0) is 26.2 Å². The van der Waals surface area contributed by atoms with E-state index in [9.17, 15) is 18.0 Å². The van der Waals surface area contributed by atoms with Crippen LogP contribution in [0.3, 0.4) is 0 Å². The van der Waals surface area contributed by atoms with Crippen molar-refractivity contribution in [1.82, 2.24) is 10.2 Å². The SMILES string of the molecule is CCC(C(=O)NC1CCCCC1)N(Cc1ccc(Cl)c(Cl)c1)C(=O)CCCN(c1cccc(Cl)c1C)S(C)(=O)=O. The Morgan fingerprint density at radius 3 is 2.35 bits per heavy atom. The van der Waals surface area contributed by atoms with Gasteiger partial charge in [-0.3, -0.25) is 13.9 Å². The van der Waals surface area contributed by atoms with Crippen molar-refractivity contribution in [2.45, 2.75) is 83.8 Å². The quantitative estimate of drug-likeness (QED) is 0.281. The predicted octanol–water partition coefficient (Wildman–Crippen LogP) is 6.76. The Morgan fingerprint density at radius 1 is 1.02 bits per heavy atom. The molecule has 0 aromatic heterocycles. The molecule has 1 fully saturated rings. The lowest BCUT2D eigenvalue weighted by atomic mass is 9.95. The topological polar surface area (TPSA) is 86.8 Å². The molecule has 1 aliphatic carbocycles. The fourth-order valence-corrected chi connectivity index (χ4v) is 6.65. The molecule has 1 unspecified atom stereocenters. The van der Waals surface area contributed by atoms with Gasteiger partial charge >= 0.3 is 0 Å². The maximum Gasteiger partial charge on any atom is 0.243 e. The molecule has 2 aromatic carbocycles. The number of anilines is 1. The maximum atomic E-state index is 13.7. The number of rotatable bonds is 12. The van der Waals surface area contributed by atoms with Gasteiger partial charge in [0.05, 0.1) is 22.0 Å². The molecule has 0 heterocycles. The summed E-state index contributed by atoms with van der Waals surface area (Å²) in [5.74, 6) is -0.414. The minimum Gasteiger partial charge on any atom is -0.352 e. The number of benzene rings is 2. The summed E-state index contributed by atoms with van der Waals surface area (Å²) >= 11 is 18.6. The van der Waals surface area contributed by atoms with Crippen LogP contribution in [0.1, 0.15) is 69.4 Å². The molecule has 11 heteroatoms. The zero-order valence-electron chi connectivity index (χ0n) is 23.3. The summed E-state index contributed by atoms with van der Waals surface area (Å²) in [5.41, 5.74) is 1.87. The molecule has 0 spiro atoms. The molecule has 0 saturated heterocycles. The van der Waals surface area contributed by atoms with Crippen molar-refractivity contribution < 1.29 is 18.0 Å². The third-order valence-corrected chi connectivity index (χ3v) is 9.66. The van der Waals surface area contributed by atoms with Crippen molar-refractivity contribution in [1.29, 1.82) is 0 Å². The molecule has 0 radical (unpaired) electrons. The van der Waals surface area contributed by atoms with E-state index in [2.05, 4.69) is 5.32 Å². The molecule has 1 N–H and O–H groups in total. The summed E-state index contributed by atoms with van der Waals surface area (Å²) in [6.45, 7) is 3.91. The van der Waals surface area contributed by atoms with E-state index in [1.54, 1.807) is 48.2 Å². The first-order valence-corrected chi connectivity index (χ1v) is 16.7. The number of halogens is 3. The average Bonchev–Trinajstić information content (AvgIpc) is 2.90. The van der Waals surface area contributed by atoms with E-state index in [0.29, 0.717) is 32.7 Å². The normalized spacial score (nSPS) is 14.9. The maximum absolute atomic E-state index is 13.7. The lowest BCUT2D eigenvalue weighted by molar-refractivity contribution is -0.141. The van der Waals surface area contributed by atoms with E-state index in [1.165, 1.54) is 10.7 Å². The minimum absolute atomic E-state index is 0.0557. The van der Waals surface area contributed by atoms with E-state index in [1.807, 2.05) is 6.92 Å². The van der Waals surface area contributed by atoms with Crippen LogP contribution in [-0.4, -0.2) is 50.0 Å². The third-order valence-electron chi connectivity index (χ3n) is 7.33. The Kier molecular flexibility index (Phi) is 12.0. The van der Waals surface area contributed by atoms with E-state index >= 15 is 0 Å². The van der Waals surface area contributed by atoms with Crippen molar-refractivity contribution >= 4 is 62.3 Å². The van der Waals surface area contributed by atoms with Gasteiger partial charge in [0.25, 0.3) is 0 Å². The zero-order chi connectivity index (χ0) is 29.4. The van der Waals surface area contributed by atoms with Gasteiger partial charge in [-0.1, -0.05) is 73.1 Å². The average molecular weight is 631 g/mol. The molecule has 3 rings (SSSR count). The van der Waals surface area contributed by atoms with E-state index in [4.69, 9.17) is 34.8 Å². The minimum atomic E-state index is -3.63. The van der Waals surface area contributed by atoms with Gasteiger partial charge in [-0.15, -0.1) is 0 Å². The van der Waals surface area contributed by atoms with Crippen LogP contribution in [0.5, 0.6) is 0 Å². The molecular formula is C29H38Cl3N3O4S. The predicted molar refractivity (Wildman–Crippen MR) is 164 cm³/mol. The summed E-state index contributed by atoms with van der Waals surface area (Å²) in [7, 11) is -3.63. The summed E-state index contributed by atoms with van der Waals surface area (Å²) in [5, 5.41) is 4.39. The van der Waals surface area contributed by atoms with Gasteiger partial charge in [0, 0.05) is 30.6 Å². The Bertz CT molecular complexity index is 1300. The van der Waals surface area contributed by atoms with Crippen LogP contribution in [0.2, 0.25) is 15.1 Å². The van der Waals surface area contributed by atoms with E-state index in [-0.39, 0.29) is 43.8 Å². The largest absolute Gasteiger partial charge is 0.352 e. The molecule has 0 bridgehead atoms. The number of carbonyl (C=O) groups excluding carboxylic acids is 2. The number of sulfonamides is 1. The van der Waals surface area contributed by atoms with Crippen LogP contribution in [0.15, 0.2) is 36.4 Å². The molecular weight excluding hydrogens is 593 g/mol. The monoisotopic (exact) mass is 629 g/mol. The number of nitrogens with one attached hydrogen (secondary N) is 1. The number of hydrogen-bond donors (Lipinski definition) is 1. The van der Waals surface area contributed by atoms with Crippen molar-refractivity contribution in [2.75, 3.05) is 17.1 Å². The highest BCUT2D eigenvalue weighted by atomic mass is 35.5. The molecule has 1 atom stereocenters. The fraction of sp³-hybridized carbons (Fsp3) is 0.517. The van der Waals surface area contributed by atoms with Gasteiger partial charge in [-0.05, 0) is 68.0 Å². The van der Waals surface area contributed by atoms with Gasteiger partial charge in [-0.2, -0.15) is 0 Å². The van der Waals surface area contributed by atoms with Crippen molar-refractivity contribution in [2.24, 2.45) is 0 Å². The zero-order valence-corrected chi connectivity index (χ0v) is 26.3. The summed E-state index contributed by atoms with van der Waals surface area (Å²) in [6.07, 6.45) is 7.09. The van der Waals surface area contributed by atoms with Crippen LogP contribution < -0.4 is 9.62 Å². The highest BCUT2D eigenvalue weighted by molar-refractivity contribution is 7.92. The number of nitrogens with zero attached hydrogens (tertiary/aromatic N) is 2. The Labute approximate surface area is 253 Å². The lowest BCUT2D eigenvalue weighted by Crippen LogP contribution is -2.51. The van der Waals surface area contributed by atoms with Gasteiger partial charge < -0.3 is 10.2 Å². The highest BCUT2D eigenvalue weighted by Crippen LogP contribution is 2.29.